The molecule has 3 N–H and O–H groups in total. The first-order valence-electron chi connectivity index (χ1n) is 9.01. The molecule has 2 amide bonds. The molecular weight excluding hydrogens is 372 g/mol. The van der Waals surface area contributed by atoms with E-state index in [1.165, 1.54) is 12.1 Å². The zero-order valence-corrected chi connectivity index (χ0v) is 16.6. The Balaban J connectivity index is 1.72. The molecule has 1 aromatic carbocycles. The lowest BCUT2D eigenvalue weighted by Crippen LogP contribution is -2.42. The molecule has 3 aromatic rings. The van der Waals surface area contributed by atoms with Crippen molar-refractivity contribution in [1.82, 2.24) is 30.6 Å². The van der Waals surface area contributed by atoms with E-state index in [1.807, 2.05) is 26.8 Å². The largest absolute Gasteiger partial charge is 0.507 e. The van der Waals surface area contributed by atoms with Crippen LogP contribution in [0, 0.1) is 27.7 Å². The maximum Gasteiger partial charge on any atom is 0.273 e. The van der Waals surface area contributed by atoms with Crippen molar-refractivity contribution in [3.8, 4) is 11.7 Å². The number of nitrogens with one attached hydrogen (secondary N) is 2. The highest BCUT2D eigenvalue weighted by molar-refractivity contribution is 5.97. The number of amides is 2. The number of para-hydroxylation sites is 1. The Labute approximate surface area is 167 Å². The molecule has 0 saturated carbocycles. The van der Waals surface area contributed by atoms with Crippen LogP contribution in [0.25, 0.3) is 5.95 Å². The molecule has 0 aliphatic heterocycles. The molecule has 0 unspecified atom stereocenters. The first-order valence-corrected chi connectivity index (χ1v) is 9.01. The Bertz CT molecular complexity index is 1070. The van der Waals surface area contributed by atoms with Crippen LogP contribution in [0.2, 0.25) is 0 Å². The standard InChI is InChI=1S/C20H22N6O3/c1-11-9-12(2)22-20(21-11)26-14(4)16(13(3)25-26)10-18(28)23-24-19(29)15-7-5-6-8-17(15)27/h5-9,27H,10H2,1-4H3,(H,23,28)(H,24,29). The Morgan fingerprint density at radius 3 is 2.34 bits per heavy atom. The molecule has 9 heteroatoms. The van der Waals surface area contributed by atoms with Gasteiger partial charge < -0.3 is 5.11 Å². The van der Waals surface area contributed by atoms with Crippen LogP contribution in [0.1, 0.15) is 38.7 Å². The number of hydrogen-bond donors (Lipinski definition) is 3. The SMILES string of the molecule is Cc1cc(C)nc(-n2nc(C)c(CC(=O)NNC(=O)c3ccccc3O)c2C)n1. The van der Waals surface area contributed by atoms with Crippen molar-refractivity contribution >= 4 is 11.8 Å². The maximum absolute atomic E-state index is 12.3. The van der Waals surface area contributed by atoms with Crippen LogP contribution in [-0.4, -0.2) is 36.7 Å². The smallest absolute Gasteiger partial charge is 0.273 e. The fourth-order valence-corrected chi connectivity index (χ4v) is 2.99. The van der Waals surface area contributed by atoms with Crippen LogP contribution in [0.5, 0.6) is 5.75 Å². The van der Waals surface area contributed by atoms with Crippen LogP contribution in [0.4, 0.5) is 0 Å². The summed E-state index contributed by atoms with van der Waals surface area (Å²) in [7, 11) is 0. The van der Waals surface area contributed by atoms with Gasteiger partial charge in [0, 0.05) is 22.6 Å². The zero-order valence-electron chi connectivity index (χ0n) is 16.6. The van der Waals surface area contributed by atoms with Crippen molar-refractivity contribution in [2.45, 2.75) is 34.1 Å². The van der Waals surface area contributed by atoms with Crippen molar-refractivity contribution in [1.29, 1.82) is 0 Å². The molecule has 0 bridgehead atoms. The maximum atomic E-state index is 12.3. The third-order valence-corrected chi connectivity index (χ3v) is 4.40. The molecule has 3 rings (SSSR count). The lowest BCUT2D eigenvalue weighted by Gasteiger charge is -2.09. The number of aromatic hydroxyl groups is 1. The minimum atomic E-state index is -0.607. The van der Waals surface area contributed by atoms with Crippen LogP contribution in [0.15, 0.2) is 30.3 Å². The van der Waals surface area contributed by atoms with E-state index in [1.54, 1.807) is 23.7 Å². The van der Waals surface area contributed by atoms with Gasteiger partial charge in [0.15, 0.2) is 0 Å². The second-order valence-electron chi connectivity index (χ2n) is 6.71. The number of phenolic OH excluding ortho intramolecular Hbond substituents is 1. The molecule has 0 fully saturated rings. The zero-order chi connectivity index (χ0) is 21.1. The van der Waals surface area contributed by atoms with Crippen molar-refractivity contribution in [3.63, 3.8) is 0 Å². The number of hydrogen-bond acceptors (Lipinski definition) is 6. The van der Waals surface area contributed by atoms with Gasteiger partial charge in [-0.1, -0.05) is 12.1 Å². The number of aryl methyl sites for hydroxylation is 3. The average molecular weight is 394 g/mol. The van der Waals surface area contributed by atoms with E-state index < -0.39 is 11.8 Å². The van der Waals surface area contributed by atoms with Crippen LogP contribution in [0.3, 0.4) is 0 Å². The van der Waals surface area contributed by atoms with E-state index in [-0.39, 0.29) is 17.7 Å². The fraction of sp³-hybridized carbons (Fsp3) is 0.250. The summed E-state index contributed by atoms with van der Waals surface area (Å²) in [5, 5.41) is 14.2. The van der Waals surface area contributed by atoms with E-state index >= 15 is 0 Å². The molecule has 0 radical (unpaired) electrons. The van der Waals surface area contributed by atoms with E-state index in [0.29, 0.717) is 11.6 Å². The van der Waals surface area contributed by atoms with Crippen molar-refractivity contribution in [2.24, 2.45) is 0 Å². The van der Waals surface area contributed by atoms with Crippen LogP contribution in [-0.2, 0) is 11.2 Å². The summed E-state index contributed by atoms with van der Waals surface area (Å²) < 4.78 is 1.61. The summed E-state index contributed by atoms with van der Waals surface area (Å²) in [6.45, 7) is 7.40. The van der Waals surface area contributed by atoms with Crippen molar-refractivity contribution < 1.29 is 14.7 Å². The normalized spacial score (nSPS) is 10.6. The molecule has 0 aliphatic carbocycles. The number of carbonyl (C=O) groups excluding carboxylic acids is 2. The summed E-state index contributed by atoms with van der Waals surface area (Å²) in [6.07, 6.45) is 0.0174. The molecule has 2 aromatic heterocycles. The second-order valence-corrected chi connectivity index (χ2v) is 6.71. The van der Waals surface area contributed by atoms with Gasteiger partial charge in [0.2, 0.25) is 5.91 Å². The summed E-state index contributed by atoms with van der Waals surface area (Å²) in [5.41, 5.74) is 8.52. The van der Waals surface area contributed by atoms with E-state index in [2.05, 4.69) is 25.9 Å². The summed E-state index contributed by atoms with van der Waals surface area (Å²) in [6, 6.07) is 7.95. The van der Waals surface area contributed by atoms with Crippen LogP contribution >= 0.6 is 0 Å². The van der Waals surface area contributed by atoms with E-state index in [4.69, 9.17) is 0 Å². The average Bonchev–Trinajstić information content (AvgIpc) is 2.94. The number of rotatable bonds is 4. The predicted octanol–water partition coefficient (Wildman–Crippen LogP) is 1.61. The van der Waals surface area contributed by atoms with Gasteiger partial charge in [-0.25, -0.2) is 14.6 Å². The Morgan fingerprint density at radius 1 is 1.03 bits per heavy atom. The van der Waals surface area contributed by atoms with Crippen molar-refractivity contribution in [3.05, 3.63) is 64.2 Å². The summed E-state index contributed by atoms with van der Waals surface area (Å²) in [4.78, 5) is 33.2. The molecule has 2 heterocycles. The predicted molar refractivity (Wildman–Crippen MR) is 106 cm³/mol. The van der Waals surface area contributed by atoms with Gasteiger partial charge in [0.05, 0.1) is 17.7 Å². The highest BCUT2D eigenvalue weighted by Crippen LogP contribution is 2.17. The molecule has 0 saturated heterocycles. The lowest BCUT2D eigenvalue weighted by molar-refractivity contribution is -0.121. The summed E-state index contributed by atoms with van der Waals surface area (Å²) >= 11 is 0. The fourth-order valence-electron chi connectivity index (χ4n) is 2.99. The highest BCUT2D eigenvalue weighted by atomic mass is 16.3. The van der Waals surface area contributed by atoms with Gasteiger partial charge >= 0.3 is 0 Å². The number of carbonyl (C=O) groups is 2. The first kappa shape index (κ1) is 20.0. The topological polar surface area (TPSA) is 122 Å². The van der Waals surface area contributed by atoms with Gasteiger partial charge in [-0.05, 0) is 45.9 Å². The second kappa shape index (κ2) is 8.09. The van der Waals surface area contributed by atoms with Crippen LogP contribution < -0.4 is 10.9 Å². The van der Waals surface area contributed by atoms with Gasteiger partial charge in [0.25, 0.3) is 11.9 Å². The van der Waals surface area contributed by atoms with Crippen molar-refractivity contribution in [2.75, 3.05) is 0 Å². The number of aromatic nitrogens is 4. The van der Waals surface area contributed by atoms with Gasteiger partial charge in [0.1, 0.15) is 5.75 Å². The van der Waals surface area contributed by atoms with Gasteiger partial charge in [-0.15, -0.1) is 0 Å². The molecule has 0 spiro atoms. The van der Waals surface area contributed by atoms with E-state index in [0.717, 1.165) is 22.6 Å². The van der Waals surface area contributed by atoms with E-state index in [9.17, 15) is 14.7 Å². The highest BCUT2D eigenvalue weighted by Gasteiger charge is 2.18. The molecule has 29 heavy (non-hydrogen) atoms. The molecule has 0 aliphatic rings. The molecular formula is C20H22N6O3. The monoisotopic (exact) mass is 394 g/mol. The number of hydrazine groups is 1. The first-order chi connectivity index (χ1) is 13.8. The minimum Gasteiger partial charge on any atom is -0.507 e. The third kappa shape index (κ3) is 4.40. The summed E-state index contributed by atoms with van der Waals surface area (Å²) in [5.74, 6) is -0.742. The lowest BCUT2D eigenvalue weighted by atomic mass is 10.1. The number of phenols is 1. The molecule has 150 valence electrons. The molecule has 9 nitrogen and oxygen atoms in total. The van der Waals surface area contributed by atoms with Gasteiger partial charge in [-0.3, -0.25) is 20.4 Å². The Kier molecular flexibility index (Phi) is 5.58. The quantitative estimate of drug-likeness (QED) is 0.578. The Morgan fingerprint density at radius 2 is 1.69 bits per heavy atom. The van der Waals surface area contributed by atoms with Gasteiger partial charge in [-0.2, -0.15) is 5.10 Å². The minimum absolute atomic E-state index is 0.0174. The number of benzene rings is 1. The Hall–Kier alpha value is -3.75. The number of nitrogens with zero attached hydrogens (tertiary/aromatic N) is 4. The molecule has 0 atom stereocenters. The third-order valence-electron chi connectivity index (χ3n) is 4.40.